The molecule has 0 bridgehead atoms. The number of rotatable bonds is 6. The summed E-state index contributed by atoms with van der Waals surface area (Å²) in [4.78, 5) is 64.9. The molecule has 270 valence electrons. The Morgan fingerprint density at radius 1 is 1.02 bits per heavy atom. The maximum atomic E-state index is 14.4. The standard InChI is InChI=1S/C38H45N5O8/c1-37(2,3)51-36(48)41-29-15-9-7-5-6-8-12-24-21-38(24,35(46)47)42-32(44)30-20-26(22-43(30)34(29)45)50-33-31(23-16-18-25(49-4)19-17-23)39-27-13-10-11-14-28(27)40-33/h8,10-14,16-19,24,26,29-30H,5-7,9,15,20-22H2,1-4H3,(H,41,48)(H,42,44)(H,46,47)/b12-8-/t24?,26-,29-,30?,38?/m1/s1. The minimum atomic E-state index is -1.46. The molecule has 3 heterocycles. The summed E-state index contributed by atoms with van der Waals surface area (Å²) >= 11 is 0. The van der Waals surface area contributed by atoms with Crippen LogP contribution in [0, 0.1) is 5.92 Å². The predicted octanol–water partition coefficient (Wildman–Crippen LogP) is 5.03. The van der Waals surface area contributed by atoms with E-state index in [2.05, 4.69) is 10.6 Å². The number of hydrogen-bond donors (Lipinski definition) is 3. The van der Waals surface area contributed by atoms with Crippen LogP contribution in [0.1, 0.15) is 65.7 Å². The number of carbonyl (C=O) groups is 4. The number of benzene rings is 2. The molecule has 13 heteroatoms. The second kappa shape index (κ2) is 14.6. The molecule has 0 radical (unpaired) electrons. The van der Waals surface area contributed by atoms with Gasteiger partial charge in [-0.1, -0.05) is 37.1 Å². The highest BCUT2D eigenvalue weighted by Gasteiger charge is 2.61. The van der Waals surface area contributed by atoms with E-state index < -0.39 is 53.2 Å². The van der Waals surface area contributed by atoms with Gasteiger partial charge in [0.05, 0.1) is 24.7 Å². The van der Waals surface area contributed by atoms with Crippen LogP contribution in [0.4, 0.5) is 4.79 Å². The third kappa shape index (κ3) is 8.08. The molecule has 3 aromatic rings. The average Bonchev–Trinajstić information content (AvgIpc) is 3.63. The van der Waals surface area contributed by atoms with E-state index >= 15 is 0 Å². The zero-order chi connectivity index (χ0) is 36.3. The van der Waals surface area contributed by atoms with Crippen LogP contribution in [0.3, 0.4) is 0 Å². The highest BCUT2D eigenvalue weighted by Crippen LogP contribution is 2.45. The summed E-state index contributed by atoms with van der Waals surface area (Å²) in [5, 5.41) is 15.7. The number of carboxylic acid groups (broad SMARTS) is 1. The quantitative estimate of drug-likeness (QED) is 0.297. The number of aromatic nitrogens is 2. The third-order valence-corrected chi connectivity index (χ3v) is 9.49. The van der Waals surface area contributed by atoms with Crippen molar-refractivity contribution in [1.82, 2.24) is 25.5 Å². The number of hydrogen-bond acceptors (Lipinski definition) is 9. The highest BCUT2D eigenvalue weighted by molar-refractivity contribution is 5.96. The van der Waals surface area contributed by atoms with E-state index in [9.17, 15) is 24.3 Å². The predicted molar refractivity (Wildman–Crippen MR) is 188 cm³/mol. The molecule has 1 saturated heterocycles. The molecule has 13 nitrogen and oxygen atoms in total. The second-order valence-electron chi connectivity index (χ2n) is 14.4. The number of nitrogens with zero attached hydrogens (tertiary/aromatic N) is 3. The number of amides is 3. The Kier molecular flexibility index (Phi) is 10.2. The Morgan fingerprint density at radius 2 is 1.75 bits per heavy atom. The molecule has 3 unspecified atom stereocenters. The molecular weight excluding hydrogens is 654 g/mol. The van der Waals surface area contributed by atoms with E-state index in [-0.39, 0.29) is 31.2 Å². The summed E-state index contributed by atoms with van der Waals surface area (Å²) in [5.41, 5.74) is 0.211. The van der Waals surface area contributed by atoms with E-state index in [1.807, 2.05) is 60.7 Å². The van der Waals surface area contributed by atoms with Crippen molar-refractivity contribution < 1.29 is 38.5 Å². The van der Waals surface area contributed by atoms with Gasteiger partial charge in [-0.25, -0.2) is 19.6 Å². The molecule has 51 heavy (non-hydrogen) atoms. The first-order valence-electron chi connectivity index (χ1n) is 17.5. The lowest BCUT2D eigenvalue weighted by Gasteiger charge is -2.30. The van der Waals surface area contributed by atoms with Gasteiger partial charge >= 0.3 is 12.1 Å². The van der Waals surface area contributed by atoms with E-state index in [4.69, 9.17) is 24.2 Å². The summed E-state index contributed by atoms with van der Waals surface area (Å²) in [5.74, 6) is -1.67. The maximum absolute atomic E-state index is 14.4. The number of fused-ring (bicyclic) bond motifs is 3. The molecule has 3 N–H and O–H groups in total. The van der Waals surface area contributed by atoms with Gasteiger partial charge in [-0.3, -0.25) is 9.59 Å². The third-order valence-electron chi connectivity index (χ3n) is 9.49. The maximum Gasteiger partial charge on any atom is 0.408 e. The lowest BCUT2D eigenvalue weighted by Crippen LogP contribution is -2.56. The van der Waals surface area contributed by atoms with Crippen LogP contribution in [0.25, 0.3) is 22.3 Å². The molecule has 2 fully saturated rings. The summed E-state index contributed by atoms with van der Waals surface area (Å²) in [6.45, 7) is 5.20. The molecule has 3 aliphatic rings. The SMILES string of the molecule is COc1ccc(-c2nc3ccccc3nc2O[C@@H]2CC3C(=O)NC4(C(=O)O)CC4/C=C\CCCCC[C@@H](NC(=O)OC(C)(C)C)C(=O)N3C2)cc1. The Balaban J connectivity index is 1.34. The minimum absolute atomic E-state index is 0.0105. The van der Waals surface area contributed by atoms with Crippen molar-refractivity contribution in [3.8, 4) is 22.9 Å². The molecule has 2 aromatic carbocycles. The second-order valence-corrected chi connectivity index (χ2v) is 14.4. The van der Waals surface area contributed by atoms with Crippen molar-refractivity contribution in [2.24, 2.45) is 5.92 Å². The number of carbonyl (C=O) groups excluding carboxylic acids is 3. The topological polar surface area (TPSA) is 169 Å². The molecule has 1 aromatic heterocycles. The fourth-order valence-electron chi connectivity index (χ4n) is 6.76. The molecule has 6 rings (SSSR count). The zero-order valence-corrected chi connectivity index (χ0v) is 29.4. The number of methoxy groups -OCH3 is 1. The first kappa shape index (κ1) is 35.6. The molecule has 0 spiro atoms. The van der Waals surface area contributed by atoms with Crippen molar-refractivity contribution in [3.05, 3.63) is 60.7 Å². The monoisotopic (exact) mass is 699 g/mol. The van der Waals surface area contributed by atoms with E-state index in [1.165, 1.54) is 4.90 Å². The first-order valence-corrected chi connectivity index (χ1v) is 17.5. The number of para-hydroxylation sites is 2. The van der Waals surface area contributed by atoms with Gasteiger partial charge in [-0.05, 0) is 82.9 Å². The van der Waals surface area contributed by atoms with Gasteiger partial charge in [0.1, 0.15) is 40.8 Å². The summed E-state index contributed by atoms with van der Waals surface area (Å²) < 4.78 is 17.4. The van der Waals surface area contributed by atoms with E-state index in [0.29, 0.717) is 35.3 Å². The average molecular weight is 700 g/mol. The van der Waals surface area contributed by atoms with Crippen LogP contribution in [0.15, 0.2) is 60.7 Å². The van der Waals surface area contributed by atoms with Gasteiger partial charge in [-0.2, -0.15) is 0 Å². The number of nitrogens with one attached hydrogen (secondary N) is 2. The van der Waals surface area contributed by atoms with Crippen molar-refractivity contribution in [2.45, 2.75) is 95.0 Å². The van der Waals surface area contributed by atoms with Crippen molar-refractivity contribution >= 4 is 34.9 Å². The first-order chi connectivity index (χ1) is 24.4. The lowest BCUT2D eigenvalue weighted by molar-refractivity contribution is -0.145. The smallest absolute Gasteiger partial charge is 0.408 e. The van der Waals surface area contributed by atoms with Crippen LogP contribution >= 0.6 is 0 Å². The van der Waals surface area contributed by atoms with Crippen molar-refractivity contribution in [3.63, 3.8) is 0 Å². The van der Waals surface area contributed by atoms with Crippen LogP contribution < -0.4 is 20.1 Å². The Labute approximate surface area is 296 Å². The Hall–Kier alpha value is -5.20. The van der Waals surface area contributed by atoms with Gasteiger partial charge in [0.25, 0.3) is 0 Å². The largest absolute Gasteiger partial charge is 0.497 e. The fourth-order valence-corrected chi connectivity index (χ4v) is 6.76. The normalized spacial score (nSPS) is 26.1. The van der Waals surface area contributed by atoms with Gasteiger partial charge < -0.3 is 34.9 Å². The molecule has 3 amide bonds. The lowest BCUT2D eigenvalue weighted by atomic mass is 10.0. The van der Waals surface area contributed by atoms with Gasteiger partial charge in [0.2, 0.25) is 17.7 Å². The molecular formula is C38H45N5O8. The van der Waals surface area contributed by atoms with Gasteiger partial charge in [0, 0.05) is 17.9 Å². The Morgan fingerprint density at radius 3 is 2.43 bits per heavy atom. The number of carboxylic acids is 1. The van der Waals surface area contributed by atoms with Crippen LogP contribution in [-0.2, 0) is 19.1 Å². The van der Waals surface area contributed by atoms with Gasteiger partial charge in [0.15, 0.2) is 0 Å². The van der Waals surface area contributed by atoms with Crippen molar-refractivity contribution in [1.29, 1.82) is 0 Å². The Bertz CT molecular complexity index is 1820. The molecule has 5 atom stereocenters. The fraction of sp³-hybridized carbons (Fsp3) is 0.474. The summed E-state index contributed by atoms with van der Waals surface area (Å²) in [6, 6.07) is 12.6. The van der Waals surface area contributed by atoms with Crippen LogP contribution in [0.2, 0.25) is 0 Å². The van der Waals surface area contributed by atoms with E-state index in [0.717, 1.165) is 24.8 Å². The minimum Gasteiger partial charge on any atom is -0.497 e. The number of alkyl carbamates (subject to hydrolysis) is 1. The van der Waals surface area contributed by atoms with Crippen molar-refractivity contribution in [2.75, 3.05) is 13.7 Å². The van der Waals surface area contributed by atoms with Gasteiger partial charge in [-0.15, -0.1) is 0 Å². The van der Waals surface area contributed by atoms with E-state index in [1.54, 1.807) is 27.9 Å². The van der Waals surface area contributed by atoms with Crippen LogP contribution in [0.5, 0.6) is 11.6 Å². The summed E-state index contributed by atoms with van der Waals surface area (Å²) in [7, 11) is 1.58. The highest BCUT2D eigenvalue weighted by atomic mass is 16.6. The number of aliphatic carboxylic acids is 1. The molecule has 2 aliphatic heterocycles. The summed E-state index contributed by atoms with van der Waals surface area (Å²) in [6.07, 6.45) is 6.02. The number of allylic oxidation sites excluding steroid dienone is 1. The van der Waals surface area contributed by atoms with Crippen LogP contribution in [-0.4, -0.2) is 86.8 Å². The zero-order valence-electron chi connectivity index (χ0n) is 29.4. The number of ether oxygens (including phenoxy) is 3. The molecule has 1 saturated carbocycles. The molecule has 1 aliphatic carbocycles.